The standard InChI is InChI=1S/C13H16N4O/c14-13-15-5-6-17(13)12-3-1-11(2-4-12)16-7-9-18-10-8-16/h1-6H,7-10H2,(H2,14,15). The SMILES string of the molecule is Nc1nccn1-c1ccc(N2CCOCC2)cc1. The van der Waals surface area contributed by atoms with Gasteiger partial charge in [0.05, 0.1) is 13.2 Å². The van der Waals surface area contributed by atoms with Gasteiger partial charge in [-0.15, -0.1) is 0 Å². The van der Waals surface area contributed by atoms with E-state index >= 15 is 0 Å². The van der Waals surface area contributed by atoms with Crippen molar-refractivity contribution in [2.45, 2.75) is 0 Å². The molecule has 1 saturated heterocycles. The van der Waals surface area contributed by atoms with Crippen LogP contribution in [-0.2, 0) is 4.74 Å². The van der Waals surface area contributed by atoms with E-state index in [0.717, 1.165) is 32.0 Å². The molecule has 1 fully saturated rings. The third kappa shape index (κ3) is 2.04. The van der Waals surface area contributed by atoms with Gasteiger partial charge in [-0.05, 0) is 24.3 Å². The van der Waals surface area contributed by atoms with Crippen molar-refractivity contribution in [3.8, 4) is 5.69 Å². The Morgan fingerprint density at radius 1 is 1.06 bits per heavy atom. The first-order valence-electron chi connectivity index (χ1n) is 6.06. The van der Waals surface area contributed by atoms with Crippen molar-refractivity contribution in [2.75, 3.05) is 36.9 Å². The second kappa shape index (κ2) is 4.70. The zero-order valence-electron chi connectivity index (χ0n) is 10.1. The first-order valence-corrected chi connectivity index (χ1v) is 6.06. The molecule has 0 aliphatic carbocycles. The summed E-state index contributed by atoms with van der Waals surface area (Å²) in [6.45, 7) is 3.51. The number of hydrogen-bond donors (Lipinski definition) is 1. The van der Waals surface area contributed by atoms with Gasteiger partial charge in [-0.2, -0.15) is 0 Å². The van der Waals surface area contributed by atoms with Crippen LogP contribution in [0.4, 0.5) is 11.6 Å². The Morgan fingerprint density at radius 3 is 2.33 bits per heavy atom. The summed E-state index contributed by atoms with van der Waals surface area (Å²) in [5.41, 5.74) is 8.03. The number of morpholine rings is 1. The maximum absolute atomic E-state index is 5.78. The minimum absolute atomic E-state index is 0.508. The van der Waals surface area contributed by atoms with E-state index in [-0.39, 0.29) is 0 Å². The topological polar surface area (TPSA) is 56.3 Å². The van der Waals surface area contributed by atoms with Crippen molar-refractivity contribution < 1.29 is 4.74 Å². The fourth-order valence-corrected chi connectivity index (χ4v) is 2.18. The van der Waals surface area contributed by atoms with Gasteiger partial charge in [-0.1, -0.05) is 0 Å². The number of aromatic nitrogens is 2. The summed E-state index contributed by atoms with van der Waals surface area (Å²) < 4.78 is 7.21. The monoisotopic (exact) mass is 244 g/mol. The van der Waals surface area contributed by atoms with Gasteiger partial charge in [0.1, 0.15) is 0 Å². The van der Waals surface area contributed by atoms with Crippen LogP contribution in [0, 0.1) is 0 Å². The molecule has 18 heavy (non-hydrogen) atoms. The Labute approximate surface area is 106 Å². The van der Waals surface area contributed by atoms with Crippen molar-refractivity contribution in [1.29, 1.82) is 0 Å². The highest BCUT2D eigenvalue weighted by Crippen LogP contribution is 2.19. The second-order valence-corrected chi connectivity index (χ2v) is 4.27. The lowest BCUT2D eigenvalue weighted by Gasteiger charge is -2.28. The highest BCUT2D eigenvalue weighted by atomic mass is 16.5. The number of rotatable bonds is 2. The molecule has 1 aromatic heterocycles. The Bertz CT molecular complexity index is 514. The zero-order chi connectivity index (χ0) is 12.4. The molecule has 0 unspecified atom stereocenters. The lowest BCUT2D eigenvalue weighted by molar-refractivity contribution is 0.122. The largest absolute Gasteiger partial charge is 0.378 e. The molecule has 1 aromatic carbocycles. The van der Waals surface area contributed by atoms with Gasteiger partial charge in [0.15, 0.2) is 0 Å². The van der Waals surface area contributed by atoms with Crippen LogP contribution < -0.4 is 10.6 Å². The van der Waals surface area contributed by atoms with Crippen molar-refractivity contribution in [2.24, 2.45) is 0 Å². The number of nitrogens with two attached hydrogens (primary N) is 1. The number of ether oxygens (including phenoxy) is 1. The maximum Gasteiger partial charge on any atom is 0.204 e. The third-order valence-electron chi connectivity index (χ3n) is 3.17. The first-order chi connectivity index (χ1) is 8.84. The molecule has 2 aromatic rings. The van der Waals surface area contributed by atoms with Crippen LogP contribution in [0.15, 0.2) is 36.7 Å². The van der Waals surface area contributed by atoms with Gasteiger partial charge in [0.2, 0.25) is 5.95 Å². The second-order valence-electron chi connectivity index (χ2n) is 4.27. The summed E-state index contributed by atoms with van der Waals surface area (Å²) >= 11 is 0. The molecule has 0 saturated carbocycles. The minimum Gasteiger partial charge on any atom is -0.378 e. The van der Waals surface area contributed by atoms with E-state index in [1.165, 1.54) is 5.69 Å². The molecule has 0 atom stereocenters. The Morgan fingerprint density at radius 2 is 1.72 bits per heavy atom. The van der Waals surface area contributed by atoms with Crippen LogP contribution >= 0.6 is 0 Å². The number of imidazole rings is 1. The number of nitrogens with zero attached hydrogens (tertiary/aromatic N) is 3. The van der Waals surface area contributed by atoms with E-state index in [1.807, 2.05) is 10.8 Å². The normalized spacial score (nSPS) is 15.9. The summed E-state index contributed by atoms with van der Waals surface area (Å²) in [5.74, 6) is 0.508. The summed E-state index contributed by atoms with van der Waals surface area (Å²) in [7, 11) is 0. The molecule has 2 heterocycles. The van der Waals surface area contributed by atoms with Gasteiger partial charge in [0.25, 0.3) is 0 Å². The lowest BCUT2D eigenvalue weighted by Crippen LogP contribution is -2.36. The Hall–Kier alpha value is -2.01. The molecular formula is C13H16N4O. The van der Waals surface area contributed by atoms with Crippen LogP contribution in [-0.4, -0.2) is 35.9 Å². The van der Waals surface area contributed by atoms with E-state index in [1.54, 1.807) is 6.20 Å². The maximum atomic E-state index is 5.78. The van der Waals surface area contributed by atoms with E-state index < -0.39 is 0 Å². The van der Waals surface area contributed by atoms with Crippen molar-refractivity contribution >= 4 is 11.6 Å². The Kier molecular flexibility index (Phi) is 2.90. The van der Waals surface area contributed by atoms with E-state index in [9.17, 15) is 0 Å². The van der Waals surface area contributed by atoms with Crippen LogP contribution in [0.3, 0.4) is 0 Å². The first kappa shape index (κ1) is 11.1. The van der Waals surface area contributed by atoms with Crippen LogP contribution in [0.5, 0.6) is 0 Å². The fourth-order valence-electron chi connectivity index (χ4n) is 2.18. The van der Waals surface area contributed by atoms with E-state index in [0.29, 0.717) is 5.95 Å². The van der Waals surface area contributed by atoms with Crippen LogP contribution in [0.2, 0.25) is 0 Å². The molecule has 1 aliphatic rings. The predicted octanol–water partition coefficient (Wildman–Crippen LogP) is 1.29. The number of anilines is 2. The zero-order valence-corrected chi connectivity index (χ0v) is 10.1. The quantitative estimate of drug-likeness (QED) is 0.865. The smallest absolute Gasteiger partial charge is 0.204 e. The highest BCUT2D eigenvalue weighted by Gasteiger charge is 2.11. The van der Waals surface area contributed by atoms with Crippen molar-refractivity contribution in [3.05, 3.63) is 36.7 Å². The van der Waals surface area contributed by atoms with Gasteiger partial charge in [0, 0.05) is 36.9 Å². The summed E-state index contributed by atoms with van der Waals surface area (Å²) in [5, 5.41) is 0. The molecule has 5 heteroatoms. The molecular weight excluding hydrogens is 228 g/mol. The average molecular weight is 244 g/mol. The Balaban J connectivity index is 1.82. The van der Waals surface area contributed by atoms with Gasteiger partial charge >= 0.3 is 0 Å². The van der Waals surface area contributed by atoms with Gasteiger partial charge < -0.3 is 15.4 Å². The van der Waals surface area contributed by atoms with Crippen LogP contribution in [0.25, 0.3) is 5.69 Å². The molecule has 1 aliphatic heterocycles. The molecule has 2 N–H and O–H groups in total. The van der Waals surface area contributed by atoms with Gasteiger partial charge in [-0.3, -0.25) is 4.57 Å². The molecule has 0 spiro atoms. The number of hydrogen-bond acceptors (Lipinski definition) is 4. The van der Waals surface area contributed by atoms with Gasteiger partial charge in [-0.25, -0.2) is 4.98 Å². The van der Waals surface area contributed by atoms with E-state index in [4.69, 9.17) is 10.5 Å². The number of nitrogen functional groups attached to an aromatic ring is 1. The van der Waals surface area contributed by atoms with Crippen LogP contribution in [0.1, 0.15) is 0 Å². The van der Waals surface area contributed by atoms with E-state index in [2.05, 4.69) is 34.1 Å². The molecule has 0 radical (unpaired) electrons. The van der Waals surface area contributed by atoms with Crippen molar-refractivity contribution in [1.82, 2.24) is 9.55 Å². The summed E-state index contributed by atoms with van der Waals surface area (Å²) in [6, 6.07) is 8.34. The summed E-state index contributed by atoms with van der Waals surface area (Å²) in [4.78, 5) is 6.34. The number of benzene rings is 1. The molecule has 3 rings (SSSR count). The minimum atomic E-state index is 0.508. The summed E-state index contributed by atoms with van der Waals surface area (Å²) in [6.07, 6.45) is 3.56. The molecule has 5 nitrogen and oxygen atoms in total. The predicted molar refractivity (Wildman–Crippen MR) is 71.0 cm³/mol. The average Bonchev–Trinajstić information content (AvgIpc) is 2.86. The molecule has 0 bridgehead atoms. The fraction of sp³-hybridized carbons (Fsp3) is 0.308. The third-order valence-corrected chi connectivity index (χ3v) is 3.17. The molecule has 0 amide bonds. The molecule has 94 valence electrons. The van der Waals surface area contributed by atoms with Crippen molar-refractivity contribution in [3.63, 3.8) is 0 Å². The lowest BCUT2D eigenvalue weighted by atomic mass is 10.2. The highest BCUT2D eigenvalue weighted by molar-refractivity contribution is 5.52.